The van der Waals surface area contributed by atoms with Crippen LogP contribution in [0.2, 0.25) is 0 Å². The predicted octanol–water partition coefficient (Wildman–Crippen LogP) is 2.32. The van der Waals surface area contributed by atoms with E-state index in [1.807, 2.05) is 19.1 Å². The Hall–Kier alpha value is -1.22. The van der Waals surface area contributed by atoms with Crippen LogP contribution in [0.1, 0.15) is 18.4 Å². The van der Waals surface area contributed by atoms with Crippen molar-refractivity contribution in [2.45, 2.75) is 25.8 Å². The molecule has 0 amide bonds. The number of hydrogen-bond acceptors (Lipinski definition) is 3. The number of rotatable bonds is 3. The van der Waals surface area contributed by atoms with E-state index in [-0.39, 0.29) is 0 Å². The lowest BCUT2D eigenvalue weighted by Gasteiger charge is -2.26. The highest BCUT2D eigenvalue weighted by molar-refractivity contribution is 5.54. The van der Waals surface area contributed by atoms with Gasteiger partial charge in [-0.15, -0.1) is 0 Å². The first-order valence-electron chi connectivity index (χ1n) is 5.77. The predicted molar refractivity (Wildman–Crippen MR) is 65.1 cm³/mol. The Bertz CT molecular complexity index is 365. The van der Waals surface area contributed by atoms with Crippen LogP contribution in [0.5, 0.6) is 5.75 Å². The van der Waals surface area contributed by atoms with E-state index in [0.717, 1.165) is 24.4 Å². The van der Waals surface area contributed by atoms with Gasteiger partial charge in [0.25, 0.3) is 0 Å². The molecule has 2 rings (SSSR count). The van der Waals surface area contributed by atoms with Crippen LogP contribution in [0.25, 0.3) is 0 Å². The molecule has 1 fully saturated rings. The highest BCUT2D eigenvalue weighted by atomic mass is 16.5. The van der Waals surface area contributed by atoms with Crippen molar-refractivity contribution in [1.82, 2.24) is 0 Å². The van der Waals surface area contributed by atoms with Crippen molar-refractivity contribution in [2.24, 2.45) is 0 Å². The highest BCUT2D eigenvalue weighted by Gasteiger charge is 2.24. The van der Waals surface area contributed by atoms with Gasteiger partial charge in [0.2, 0.25) is 0 Å². The minimum atomic E-state index is 0.376. The van der Waals surface area contributed by atoms with Gasteiger partial charge in [-0.05, 0) is 31.4 Å². The van der Waals surface area contributed by atoms with Crippen LogP contribution < -0.4 is 4.90 Å². The molecule has 1 aliphatic heterocycles. The summed E-state index contributed by atoms with van der Waals surface area (Å²) >= 11 is 0. The van der Waals surface area contributed by atoms with Crippen LogP contribution in [0.15, 0.2) is 18.2 Å². The molecule has 0 saturated carbocycles. The second kappa shape index (κ2) is 4.74. The summed E-state index contributed by atoms with van der Waals surface area (Å²) in [4.78, 5) is 2.32. The number of hydrogen-bond donors (Lipinski definition) is 1. The summed E-state index contributed by atoms with van der Waals surface area (Å²) in [5, 5.41) is 9.72. The van der Waals surface area contributed by atoms with Crippen molar-refractivity contribution in [3.05, 3.63) is 23.8 Å². The van der Waals surface area contributed by atoms with Crippen molar-refractivity contribution in [2.75, 3.05) is 25.2 Å². The Morgan fingerprint density at radius 2 is 2.31 bits per heavy atom. The third-order valence-electron chi connectivity index (χ3n) is 3.26. The summed E-state index contributed by atoms with van der Waals surface area (Å²) in [6, 6.07) is 6.34. The average molecular weight is 221 g/mol. The van der Waals surface area contributed by atoms with Gasteiger partial charge in [0, 0.05) is 25.4 Å². The van der Waals surface area contributed by atoms with Crippen molar-refractivity contribution >= 4 is 5.69 Å². The summed E-state index contributed by atoms with van der Waals surface area (Å²) in [6.07, 6.45) is 2.37. The lowest BCUT2D eigenvalue weighted by Crippen LogP contribution is -2.32. The molecule has 1 aromatic carbocycles. The third-order valence-corrected chi connectivity index (χ3v) is 3.26. The number of phenols is 1. The van der Waals surface area contributed by atoms with E-state index in [9.17, 15) is 5.11 Å². The molecular weight excluding hydrogens is 202 g/mol. The van der Waals surface area contributed by atoms with Gasteiger partial charge in [0.1, 0.15) is 5.75 Å². The molecule has 88 valence electrons. The molecule has 0 radical (unpaired) electrons. The summed E-state index contributed by atoms with van der Waals surface area (Å²) in [7, 11) is 1.74. The van der Waals surface area contributed by atoms with Crippen molar-refractivity contribution in [3.8, 4) is 5.75 Å². The minimum Gasteiger partial charge on any atom is -0.508 e. The first-order valence-corrected chi connectivity index (χ1v) is 5.77. The summed E-state index contributed by atoms with van der Waals surface area (Å²) < 4.78 is 5.23. The van der Waals surface area contributed by atoms with Crippen LogP contribution in [0, 0.1) is 6.92 Å². The summed E-state index contributed by atoms with van der Waals surface area (Å²) in [5.74, 6) is 0.376. The summed E-state index contributed by atoms with van der Waals surface area (Å²) in [5.41, 5.74) is 2.02. The molecule has 1 aromatic rings. The lowest BCUT2D eigenvalue weighted by atomic mass is 10.1. The van der Waals surface area contributed by atoms with E-state index in [4.69, 9.17) is 4.74 Å². The number of aryl methyl sites for hydroxylation is 1. The number of methoxy groups -OCH3 is 1. The fourth-order valence-corrected chi connectivity index (χ4v) is 2.32. The van der Waals surface area contributed by atoms with Gasteiger partial charge in [-0.2, -0.15) is 0 Å². The Balaban J connectivity index is 2.19. The molecule has 0 aliphatic carbocycles. The molecule has 1 aliphatic rings. The lowest BCUT2D eigenvalue weighted by molar-refractivity contribution is 0.181. The standard InChI is InChI=1S/C13H19NO2/c1-10-5-6-11(8-13(10)15)14-7-3-4-12(14)9-16-2/h5-6,8,12,15H,3-4,7,9H2,1-2H3. The second-order valence-electron chi connectivity index (χ2n) is 4.42. The average Bonchev–Trinajstić information content (AvgIpc) is 2.71. The Kier molecular flexibility index (Phi) is 3.34. The van der Waals surface area contributed by atoms with Gasteiger partial charge >= 0.3 is 0 Å². The van der Waals surface area contributed by atoms with Crippen LogP contribution in [-0.4, -0.2) is 31.4 Å². The van der Waals surface area contributed by atoms with Crippen molar-refractivity contribution in [1.29, 1.82) is 0 Å². The van der Waals surface area contributed by atoms with Gasteiger partial charge in [0.15, 0.2) is 0 Å². The molecule has 1 saturated heterocycles. The number of phenolic OH excluding ortho intramolecular Hbond substituents is 1. The molecule has 1 atom stereocenters. The van der Waals surface area contributed by atoms with E-state index in [1.54, 1.807) is 7.11 Å². The van der Waals surface area contributed by atoms with Crippen molar-refractivity contribution in [3.63, 3.8) is 0 Å². The number of aromatic hydroxyl groups is 1. The van der Waals surface area contributed by atoms with E-state index < -0.39 is 0 Å². The molecule has 16 heavy (non-hydrogen) atoms. The Labute approximate surface area is 96.6 Å². The first-order chi connectivity index (χ1) is 7.72. The largest absolute Gasteiger partial charge is 0.508 e. The smallest absolute Gasteiger partial charge is 0.120 e. The fraction of sp³-hybridized carbons (Fsp3) is 0.538. The zero-order valence-corrected chi connectivity index (χ0v) is 9.94. The molecule has 1 unspecified atom stereocenters. The normalized spacial score (nSPS) is 20.4. The SMILES string of the molecule is COCC1CCCN1c1ccc(C)c(O)c1. The third kappa shape index (κ3) is 2.14. The van der Waals surface area contributed by atoms with E-state index >= 15 is 0 Å². The molecule has 3 heteroatoms. The number of benzene rings is 1. The Morgan fingerprint density at radius 3 is 3.00 bits per heavy atom. The number of ether oxygens (including phenoxy) is 1. The minimum absolute atomic E-state index is 0.376. The maximum Gasteiger partial charge on any atom is 0.120 e. The van der Waals surface area contributed by atoms with Crippen LogP contribution in [0.4, 0.5) is 5.69 Å². The van der Waals surface area contributed by atoms with E-state index in [2.05, 4.69) is 11.0 Å². The van der Waals surface area contributed by atoms with E-state index in [1.165, 1.54) is 12.8 Å². The van der Waals surface area contributed by atoms with Crippen LogP contribution >= 0.6 is 0 Å². The molecule has 1 heterocycles. The number of nitrogens with zero attached hydrogens (tertiary/aromatic N) is 1. The zero-order chi connectivity index (χ0) is 11.5. The maximum atomic E-state index is 9.72. The molecular formula is C13H19NO2. The van der Waals surface area contributed by atoms with Crippen LogP contribution in [-0.2, 0) is 4.74 Å². The van der Waals surface area contributed by atoms with Crippen molar-refractivity contribution < 1.29 is 9.84 Å². The summed E-state index contributed by atoms with van der Waals surface area (Å²) in [6.45, 7) is 3.72. The molecule has 0 aromatic heterocycles. The highest BCUT2D eigenvalue weighted by Crippen LogP contribution is 2.29. The molecule has 1 N–H and O–H groups in total. The van der Waals surface area contributed by atoms with Gasteiger partial charge in [-0.25, -0.2) is 0 Å². The molecule has 3 nitrogen and oxygen atoms in total. The van der Waals surface area contributed by atoms with Gasteiger partial charge < -0.3 is 14.7 Å². The maximum absolute atomic E-state index is 9.72. The number of anilines is 1. The monoisotopic (exact) mass is 221 g/mol. The van der Waals surface area contributed by atoms with Gasteiger partial charge in [-0.3, -0.25) is 0 Å². The van der Waals surface area contributed by atoms with Crippen LogP contribution in [0.3, 0.4) is 0 Å². The topological polar surface area (TPSA) is 32.7 Å². The molecule has 0 spiro atoms. The fourth-order valence-electron chi connectivity index (χ4n) is 2.32. The Morgan fingerprint density at radius 1 is 1.50 bits per heavy atom. The van der Waals surface area contributed by atoms with E-state index in [0.29, 0.717) is 11.8 Å². The van der Waals surface area contributed by atoms with Gasteiger partial charge in [0.05, 0.1) is 12.6 Å². The quantitative estimate of drug-likeness (QED) is 0.850. The van der Waals surface area contributed by atoms with Gasteiger partial charge in [-0.1, -0.05) is 6.07 Å². The first kappa shape index (κ1) is 11.3. The molecule has 0 bridgehead atoms. The zero-order valence-electron chi connectivity index (χ0n) is 9.94. The second-order valence-corrected chi connectivity index (χ2v) is 4.42.